The minimum Gasteiger partial charge on any atom is -0.377 e. The largest absolute Gasteiger partial charge is 0.377 e. The maximum Gasteiger partial charge on any atom is 0.252 e. The molecule has 2 unspecified atom stereocenters. The SMILES string of the molecule is CCCn1ncnc1C1C2=CCNC(=O)c3cc(F)cc(c32)NC1c1ccc(CNC)cc1. The van der Waals surface area contributed by atoms with E-state index in [4.69, 9.17) is 0 Å². The highest BCUT2D eigenvalue weighted by Gasteiger charge is 2.40. The van der Waals surface area contributed by atoms with Gasteiger partial charge in [0.2, 0.25) is 0 Å². The zero-order chi connectivity index (χ0) is 22.9. The molecular formula is C25H27FN6O. The van der Waals surface area contributed by atoms with Crippen molar-refractivity contribution >= 4 is 17.2 Å². The van der Waals surface area contributed by atoms with Gasteiger partial charge in [-0.1, -0.05) is 37.3 Å². The van der Waals surface area contributed by atoms with Gasteiger partial charge in [-0.15, -0.1) is 0 Å². The van der Waals surface area contributed by atoms with Crippen LogP contribution in [-0.2, 0) is 13.1 Å². The van der Waals surface area contributed by atoms with Crippen LogP contribution in [0.15, 0.2) is 48.8 Å². The topological polar surface area (TPSA) is 83.9 Å². The monoisotopic (exact) mass is 446 g/mol. The van der Waals surface area contributed by atoms with Crippen molar-refractivity contribution in [3.05, 3.63) is 82.7 Å². The maximum atomic E-state index is 14.5. The predicted molar refractivity (Wildman–Crippen MR) is 125 cm³/mol. The zero-order valence-electron chi connectivity index (χ0n) is 18.7. The Morgan fingerprint density at radius 1 is 1.24 bits per heavy atom. The van der Waals surface area contributed by atoms with Gasteiger partial charge in [0, 0.05) is 30.9 Å². The van der Waals surface area contributed by atoms with Crippen molar-refractivity contribution in [2.24, 2.45) is 0 Å². The summed E-state index contributed by atoms with van der Waals surface area (Å²) in [4.78, 5) is 17.4. The lowest BCUT2D eigenvalue weighted by molar-refractivity contribution is 0.0958. The summed E-state index contributed by atoms with van der Waals surface area (Å²) in [5.74, 6) is -0.0837. The number of nitrogens with zero attached hydrogens (tertiary/aromatic N) is 3. The second kappa shape index (κ2) is 8.78. The van der Waals surface area contributed by atoms with Gasteiger partial charge in [-0.05, 0) is 42.3 Å². The molecule has 0 fully saturated rings. The summed E-state index contributed by atoms with van der Waals surface area (Å²) in [6.07, 6.45) is 4.54. The van der Waals surface area contributed by atoms with Gasteiger partial charge in [0.25, 0.3) is 5.91 Å². The van der Waals surface area contributed by atoms with Gasteiger partial charge < -0.3 is 16.0 Å². The first kappa shape index (κ1) is 21.3. The Morgan fingerprint density at radius 2 is 2.06 bits per heavy atom. The highest BCUT2D eigenvalue weighted by Crippen LogP contribution is 2.50. The van der Waals surface area contributed by atoms with E-state index in [1.54, 1.807) is 6.33 Å². The number of aryl methyl sites for hydroxylation is 1. The fourth-order valence-electron chi connectivity index (χ4n) is 4.88. The maximum absolute atomic E-state index is 14.5. The number of hydrogen-bond acceptors (Lipinski definition) is 5. The van der Waals surface area contributed by atoms with Gasteiger partial charge in [-0.3, -0.25) is 4.79 Å². The lowest BCUT2D eigenvalue weighted by Crippen LogP contribution is -2.29. The van der Waals surface area contributed by atoms with Gasteiger partial charge in [0.1, 0.15) is 18.0 Å². The molecule has 0 saturated carbocycles. The van der Waals surface area contributed by atoms with Crippen molar-refractivity contribution < 1.29 is 9.18 Å². The predicted octanol–water partition coefficient (Wildman–Crippen LogP) is 3.62. The molecular weight excluding hydrogens is 419 g/mol. The second-order valence-electron chi connectivity index (χ2n) is 8.46. The summed E-state index contributed by atoms with van der Waals surface area (Å²) in [6, 6.07) is 11.0. The number of aromatic nitrogens is 3. The fraction of sp³-hybridized carbons (Fsp3) is 0.320. The van der Waals surface area contributed by atoms with Crippen molar-refractivity contribution in [3.8, 4) is 0 Å². The highest BCUT2D eigenvalue weighted by molar-refractivity contribution is 6.04. The number of amides is 1. The third-order valence-electron chi connectivity index (χ3n) is 6.28. The van der Waals surface area contributed by atoms with Crippen LogP contribution in [0.3, 0.4) is 0 Å². The van der Waals surface area contributed by atoms with Gasteiger partial charge in [0.05, 0.1) is 17.5 Å². The van der Waals surface area contributed by atoms with E-state index in [0.717, 1.165) is 42.0 Å². The van der Waals surface area contributed by atoms with Crippen LogP contribution in [0.1, 0.15) is 58.2 Å². The van der Waals surface area contributed by atoms with E-state index in [-0.39, 0.29) is 17.9 Å². The molecule has 0 spiro atoms. The smallest absolute Gasteiger partial charge is 0.252 e. The molecule has 3 aromatic rings. The zero-order valence-corrected chi connectivity index (χ0v) is 18.7. The van der Waals surface area contributed by atoms with Gasteiger partial charge >= 0.3 is 0 Å². The number of rotatable bonds is 6. The number of carbonyl (C=O) groups excluding carboxylic acids is 1. The molecule has 2 atom stereocenters. The molecule has 0 bridgehead atoms. The highest BCUT2D eigenvalue weighted by atomic mass is 19.1. The first-order valence-electron chi connectivity index (χ1n) is 11.3. The van der Waals surface area contributed by atoms with Crippen molar-refractivity contribution in [2.45, 2.75) is 38.4 Å². The number of benzene rings is 2. The van der Waals surface area contributed by atoms with Crippen LogP contribution in [0.2, 0.25) is 0 Å². The van der Waals surface area contributed by atoms with E-state index < -0.39 is 5.82 Å². The number of carbonyl (C=O) groups is 1. The summed E-state index contributed by atoms with van der Waals surface area (Å²) < 4.78 is 16.5. The Hall–Kier alpha value is -3.52. The lowest BCUT2D eigenvalue weighted by Gasteiger charge is -2.37. The van der Waals surface area contributed by atoms with Crippen LogP contribution < -0.4 is 16.0 Å². The third-order valence-corrected chi connectivity index (χ3v) is 6.28. The molecule has 3 heterocycles. The van der Waals surface area contributed by atoms with Crippen LogP contribution in [-0.4, -0.2) is 34.3 Å². The van der Waals surface area contributed by atoms with Crippen LogP contribution >= 0.6 is 0 Å². The van der Waals surface area contributed by atoms with E-state index >= 15 is 0 Å². The first-order chi connectivity index (χ1) is 16.1. The number of anilines is 1. The van der Waals surface area contributed by atoms with Gasteiger partial charge in [-0.2, -0.15) is 5.10 Å². The first-order valence-corrected chi connectivity index (χ1v) is 11.3. The van der Waals surface area contributed by atoms with E-state index in [0.29, 0.717) is 17.8 Å². The molecule has 170 valence electrons. The van der Waals surface area contributed by atoms with Gasteiger partial charge in [0.15, 0.2) is 0 Å². The van der Waals surface area contributed by atoms with Crippen LogP contribution in [0, 0.1) is 5.82 Å². The fourth-order valence-corrected chi connectivity index (χ4v) is 4.88. The van der Waals surface area contributed by atoms with Crippen LogP contribution in [0.25, 0.3) is 5.57 Å². The second-order valence-corrected chi connectivity index (χ2v) is 8.46. The molecule has 2 aromatic carbocycles. The number of hydrogen-bond donors (Lipinski definition) is 3. The summed E-state index contributed by atoms with van der Waals surface area (Å²) in [6.45, 7) is 4.00. The number of halogens is 1. The number of nitrogens with one attached hydrogen (secondary N) is 3. The minimum atomic E-state index is -0.441. The molecule has 0 saturated heterocycles. The Labute approximate surface area is 192 Å². The van der Waals surface area contributed by atoms with Crippen molar-refractivity contribution in [1.29, 1.82) is 0 Å². The third kappa shape index (κ3) is 3.80. The molecule has 5 rings (SSSR count). The molecule has 0 radical (unpaired) electrons. The van der Waals surface area contributed by atoms with Crippen molar-refractivity contribution in [1.82, 2.24) is 25.4 Å². The summed E-state index contributed by atoms with van der Waals surface area (Å²) in [5.41, 5.74) is 4.91. The molecule has 2 aliphatic heterocycles. The summed E-state index contributed by atoms with van der Waals surface area (Å²) in [7, 11) is 1.92. The van der Waals surface area contributed by atoms with E-state index in [9.17, 15) is 9.18 Å². The molecule has 1 aromatic heterocycles. The normalized spacial score (nSPS) is 19.2. The van der Waals surface area contributed by atoms with Crippen LogP contribution in [0.5, 0.6) is 0 Å². The Morgan fingerprint density at radius 3 is 2.82 bits per heavy atom. The molecule has 8 heteroatoms. The molecule has 1 amide bonds. The Bertz CT molecular complexity index is 1220. The lowest BCUT2D eigenvalue weighted by atomic mass is 9.77. The Balaban J connectivity index is 1.71. The van der Waals surface area contributed by atoms with Crippen LogP contribution in [0.4, 0.5) is 10.1 Å². The van der Waals surface area contributed by atoms with Crippen molar-refractivity contribution in [3.63, 3.8) is 0 Å². The average molecular weight is 447 g/mol. The average Bonchev–Trinajstić information content (AvgIpc) is 3.19. The molecule has 33 heavy (non-hydrogen) atoms. The molecule has 3 N–H and O–H groups in total. The minimum absolute atomic E-state index is 0.196. The van der Waals surface area contributed by atoms with E-state index in [1.165, 1.54) is 17.7 Å². The molecule has 0 aliphatic carbocycles. The standard InChI is InChI=1S/C25H27FN6O/c1-3-10-32-24(29-14-30-32)22-18-8-9-28-25(33)19-11-17(26)12-20(21(18)19)31-23(22)16-6-4-15(5-7-16)13-27-2/h4-8,11-12,14,22-23,27,31H,3,9-10,13H2,1-2H3,(H,28,33). The van der Waals surface area contributed by atoms with Gasteiger partial charge in [-0.25, -0.2) is 14.1 Å². The van der Waals surface area contributed by atoms with E-state index in [2.05, 4.69) is 57.2 Å². The molecule has 2 aliphatic rings. The summed E-state index contributed by atoms with van der Waals surface area (Å²) in [5, 5.41) is 14.0. The van der Waals surface area contributed by atoms with E-state index in [1.807, 2.05) is 17.8 Å². The Kier molecular flexibility index (Phi) is 5.68. The summed E-state index contributed by atoms with van der Waals surface area (Å²) >= 11 is 0. The van der Waals surface area contributed by atoms with Crippen molar-refractivity contribution in [2.75, 3.05) is 18.9 Å². The molecule has 7 nitrogen and oxygen atoms in total. The quantitative estimate of drug-likeness (QED) is 0.539.